The van der Waals surface area contributed by atoms with Crippen molar-refractivity contribution in [2.24, 2.45) is 0 Å². The fraction of sp³-hybridized carbons (Fsp3) is 0.182. The second-order valence-electron chi connectivity index (χ2n) is 3.27. The van der Waals surface area contributed by atoms with Gasteiger partial charge in [0.2, 0.25) is 0 Å². The Morgan fingerprint density at radius 1 is 1.43 bits per heavy atom. The van der Waals surface area contributed by atoms with Crippen molar-refractivity contribution in [2.45, 2.75) is 13.3 Å². The summed E-state index contributed by atoms with van der Waals surface area (Å²) in [6, 6.07) is 7.77. The van der Waals surface area contributed by atoms with Crippen molar-refractivity contribution in [3.63, 3.8) is 0 Å². The minimum atomic E-state index is 0.698. The molecule has 1 aromatic heterocycles. The first-order valence-corrected chi connectivity index (χ1v) is 4.50. The number of oxazole rings is 1. The molecule has 14 heavy (non-hydrogen) atoms. The van der Waals surface area contributed by atoms with E-state index < -0.39 is 0 Å². The maximum absolute atomic E-state index is 5.67. The lowest BCUT2D eigenvalue weighted by Gasteiger charge is -1.98. The van der Waals surface area contributed by atoms with Gasteiger partial charge in [-0.1, -0.05) is 12.1 Å². The molecule has 2 aromatic rings. The quantitative estimate of drug-likeness (QED) is 0.735. The highest BCUT2D eigenvalue weighted by Crippen LogP contribution is 2.12. The van der Waals surface area contributed by atoms with Gasteiger partial charge in [0.1, 0.15) is 5.76 Å². The molecule has 0 aliphatic heterocycles. The van der Waals surface area contributed by atoms with E-state index in [2.05, 4.69) is 4.98 Å². The lowest BCUT2D eigenvalue weighted by molar-refractivity contribution is 0.483. The van der Waals surface area contributed by atoms with E-state index >= 15 is 0 Å². The van der Waals surface area contributed by atoms with Crippen molar-refractivity contribution in [2.75, 3.05) is 5.73 Å². The fourth-order valence-electron chi connectivity index (χ4n) is 1.39. The molecule has 3 nitrogen and oxygen atoms in total. The monoisotopic (exact) mass is 188 g/mol. The number of aryl methyl sites for hydroxylation is 1. The molecule has 0 amide bonds. The van der Waals surface area contributed by atoms with Crippen LogP contribution >= 0.6 is 0 Å². The second kappa shape index (κ2) is 3.54. The Balaban J connectivity index is 2.18. The van der Waals surface area contributed by atoms with Crippen LogP contribution in [0.4, 0.5) is 5.69 Å². The number of hydrogen-bond donors (Lipinski definition) is 1. The van der Waals surface area contributed by atoms with Crippen molar-refractivity contribution in [1.29, 1.82) is 0 Å². The molecule has 1 aromatic carbocycles. The van der Waals surface area contributed by atoms with Crippen molar-refractivity contribution in [3.8, 4) is 0 Å². The molecular weight excluding hydrogens is 176 g/mol. The number of benzene rings is 1. The zero-order valence-corrected chi connectivity index (χ0v) is 8.03. The molecule has 0 spiro atoms. The van der Waals surface area contributed by atoms with E-state index in [9.17, 15) is 0 Å². The van der Waals surface area contributed by atoms with Gasteiger partial charge in [-0.3, -0.25) is 0 Å². The van der Waals surface area contributed by atoms with Crippen LogP contribution in [0.3, 0.4) is 0 Å². The summed E-state index contributed by atoms with van der Waals surface area (Å²) in [7, 11) is 0. The van der Waals surface area contributed by atoms with Crippen LogP contribution in [-0.4, -0.2) is 4.98 Å². The lowest BCUT2D eigenvalue weighted by Crippen LogP contribution is -1.89. The van der Waals surface area contributed by atoms with Crippen LogP contribution in [-0.2, 0) is 6.42 Å². The standard InChI is InChI=1S/C11H12N2O/c1-8-13-7-11(14-8)6-9-3-2-4-10(12)5-9/h2-5,7H,6,12H2,1H3. The molecule has 2 N–H and O–H groups in total. The van der Waals surface area contributed by atoms with Gasteiger partial charge < -0.3 is 10.2 Å². The summed E-state index contributed by atoms with van der Waals surface area (Å²) in [6.07, 6.45) is 2.49. The molecule has 1 heterocycles. The minimum Gasteiger partial charge on any atom is -0.446 e. The van der Waals surface area contributed by atoms with E-state index in [1.54, 1.807) is 6.20 Å². The molecule has 0 aliphatic rings. The molecule has 0 aliphatic carbocycles. The summed E-state index contributed by atoms with van der Waals surface area (Å²) in [5, 5.41) is 0. The Hall–Kier alpha value is -1.77. The number of aromatic nitrogens is 1. The first-order valence-electron chi connectivity index (χ1n) is 4.50. The van der Waals surface area contributed by atoms with Gasteiger partial charge in [-0.15, -0.1) is 0 Å². The van der Waals surface area contributed by atoms with Crippen LogP contribution < -0.4 is 5.73 Å². The lowest BCUT2D eigenvalue weighted by atomic mass is 10.1. The van der Waals surface area contributed by atoms with Crippen LogP contribution in [0.15, 0.2) is 34.9 Å². The van der Waals surface area contributed by atoms with Crippen LogP contribution in [0, 0.1) is 6.92 Å². The number of anilines is 1. The first kappa shape index (κ1) is 8.81. The van der Waals surface area contributed by atoms with Gasteiger partial charge >= 0.3 is 0 Å². The summed E-state index contributed by atoms with van der Waals surface area (Å²) < 4.78 is 5.38. The van der Waals surface area contributed by atoms with Gasteiger partial charge in [0.25, 0.3) is 0 Å². The van der Waals surface area contributed by atoms with Gasteiger partial charge in [0.05, 0.1) is 6.20 Å². The fourth-order valence-corrected chi connectivity index (χ4v) is 1.39. The molecule has 0 fully saturated rings. The highest BCUT2D eigenvalue weighted by atomic mass is 16.3. The van der Waals surface area contributed by atoms with E-state index in [4.69, 9.17) is 10.2 Å². The predicted octanol–water partition coefficient (Wildman–Crippen LogP) is 2.16. The van der Waals surface area contributed by atoms with Crippen LogP contribution in [0.25, 0.3) is 0 Å². The average Bonchev–Trinajstić information content (AvgIpc) is 2.51. The highest BCUT2D eigenvalue weighted by Gasteiger charge is 2.01. The smallest absolute Gasteiger partial charge is 0.191 e. The molecule has 0 unspecified atom stereocenters. The van der Waals surface area contributed by atoms with Crippen molar-refractivity contribution >= 4 is 5.69 Å². The molecular formula is C11H12N2O. The molecule has 2 rings (SSSR count). The summed E-state index contributed by atoms with van der Waals surface area (Å²) in [5.74, 6) is 1.57. The molecule has 0 bridgehead atoms. The van der Waals surface area contributed by atoms with E-state index in [0.717, 1.165) is 23.4 Å². The summed E-state index contributed by atoms with van der Waals surface area (Å²) >= 11 is 0. The molecule has 0 atom stereocenters. The van der Waals surface area contributed by atoms with Gasteiger partial charge in [0.15, 0.2) is 5.89 Å². The maximum atomic E-state index is 5.67. The molecule has 0 radical (unpaired) electrons. The van der Waals surface area contributed by atoms with Gasteiger partial charge in [-0.05, 0) is 17.7 Å². The molecule has 3 heteroatoms. The summed E-state index contributed by atoms with van der Waals surface area (Å²) in [5.41, 5.74) is 7.59. The topological polar surface area (TPSA) is 52.0 Å². The van der Waals surface area contributed by atoms with E-state index in [1.165, 1.54) is 0 Å². The SMILES string of the molecule is Cc1ncc(Cc2cccc(N)c2)o1. The predicted molar refractivity (Wildman–Crippen MR) is 54.9 cm³/mol. The second-order valence-corrected chi connectivity index (χ2v) is 3.27. The zero-order chi connectivity index (χ0) is 9.97. The van der Waals surface area contributed by atoms with Crippen LogP contribution in [0.5, 0.6) is 0 Å². The number of nitrogen functional groups attached to an aromatic ring is 1. The first-order chi connectivity index (χ1) is 6.74. The van der Waals surface area contributed by atoms with E-state index in [-0.39, 0.29) is 0 Å². The summed E-state index contributed by atoms with van der Waals surface area (Å²) in [6.45, 7) is 1.84. The Morgan fingerprint density at radius 2 is 2.29 bits per heavy atom. The van der Waals surface area contributed by atoms with Crippen molar-refractivity contribution in [1.82, 2.24) is 4.98 Å². The van der Waals surface area contributed by atoms with E-state index in [0.29, 0.717) is 5.89 Å². The van der Waals surface area contributed by atoms with Crippen molar-refractivity contribution < 1.29 is 4.42 Å². The van der Waals surface area contributed by atoms with Crippen LogP contribution in [0.2, 0.25) is 0 Å². The van der Waals surface area contributed by atoms with Crippen LogP contribution in [0.1, 0.15) is 17.2 Å². The highest BCUT2D eigenvalue weighted by molar-refractivity contribution is 5.41. The number of nitrogens with zero attached hydrogens (tertiary/aromatic N) is 1. The maximum Gasteiger partial charge on any atom is 0.191 e. The van der Waals surface area contributed by atoms with E-state index in [1.807, 2.05) is 31.2 Å². The summed E-state index contributed by atoms with van der Waals surface area (Å²) in [4.78, 5) is 4.04. The number of nitrogens with two attached hydrogens (primary N) is 1. The van der Waals surface area contributed by atoms with Gasteiger partial charge in [-0.2, -0.15) is 0 Å². The Labute approximate surface area is 82.6 Å². The van der Waals surface area contributed by atoms with Gasteiger partial charge in [0, 0.05) is 19.0 Å². The third kappa shape index (κ3) is 1.93. The number of rotatable bonds is 2. The largest absolute Gasteiger partial charge is 0.446 e. The average molecular weight is 188 g/mol. The Bertz CT molecular complexity index is 434. The third-order valence-electron chi connectivity index (χ3n) is 2.00. The molecule has 0 saturated heterocycles. The van der Waals surface area contributed by atoms with Gasteiger partial charge in [-0.25, -0.2) is 4.98 Å². The normalized spacial score (nSPS) is 10.4. The Kier molecular flexibility index (Phi) is 2.23. The molecule has 72 valence electrons. The number of hydrogen-bond acceptors (Lipinski definition) is 3. The third-order valence-corrected chi connectivity index (χ3v) is 2.00. The minimum absolute atomic E-state index is 0.698. The molecule has 0 saturated carbocycles. The van der Waals surface area contributed by atoms with Crippen molar-refractivity contribution in [3.05, 3.63) is 47.7 Å². The zero-order valence-electron chi connectivity index (χ0n) is 8.03. The Morgan fingerprint density at radius 3 is 2.93 bits per heavy atom.